The van der Waals surface area contributed by atoms with Crippen molar-refractivity contribution in [3.63, 3.8) is 0 Å². The van der Waals surface area contributed by atoms with Crippen LogP contribution in [0.5, 0.6) is 11.8 Å². The summed E-state index contributed by atoms with van der Waals surface area (Å²) in [5, 5.41) is 8.58. The van der Waals surface area contributed by atoms with E-state index < -0.39 is 17.6 Å². The molecule has 0 aliphatic rings. The number of ether oxygens (including phenoxy) is 3. The molecule has 24 heavy (non-hydrogen) atoms. The van der Waals surface area contributed by atoms with Crippen molar-refractivity contribution < 1.29 is 32.9 Å². The zero-order valence-corrected chi connectivity index (χ0v) is 13.2. The molecule has 2 heterocycles. The van der Waals surface area contributed by atoms with E-state index in [1.807, 2.05) is 0 Å². The van der Waals surface area contributed by atoms with E-state index in [0.29, 0.717) is 5.56 Å². The van der Waals surface area contributed by atoms with Crippen molar-refractivity contribution >= 4 is 5.97 Å². The predicted octanol–water partition coefficient (Wildman–Crippen LogP) is 1.74. The second-order valence-corrected chi connectivity index (χ2v) is 4.20. The first-order valence-electron chi connectivity index (χ1n) is 6.53. The molecule has 2 aromatic heterocycles. The smallest absolute Gasteiger partial charge is 0.339 e. The predicted molar refractivity (Wildman–Crippen MR) is 78.8 cm³/mol. The van der Waals surface area contributed by atoms with Gasteiger partial charge in [-0.2, -0.15) is 0 Å². The molecule has 0 saturated heterocycles. The molecule has 2 rings (SSSR count). The number of aliphatic hydroxyl groups is 1. The third kappa shape index (κ3) is 5.13. The van der Waals surface area contributed by atoms with Crippen molar-refractivity contribution in [1.82, 2.24) is 9.97 Å². The van der Waals surface area contributed by atoms with Gasteiger partial charge in [-0.1, -0.05) is 0 Å². The number of pyridine rings is 2. The Hall–Kier alpha value is -2.81. The summed E-state index contributed by atoms with van der Waals surface area (Å²) >= 11 is 0. The number of hydrogen-bond acceptors (Lipinski definition) is 7. The van der Waals surface area contributed by atoms with Gasteiger partial charge in [-0.25, -0.2) is 23.5 Å². The third-order valence-electron chi connectivity index (χ3n) is 2.66. The second kappa shape index (κ2) is 9.36. The van der Waals surface area contributed by atoms with E-state index in [2.05, 4.69) is 24.2 Å². The van der Waals surface area contributed by atoms with Gasteiger partial charge < -0.3 is 19.3 Å². The highest BCUT2D eigenvalue weighted by atomic mass is 19.1. The van der Waals surface area contributed by atoms with Crippen LogP contribution in [-0.4, -0.2) is 42.4 Å². The molecule has 1 N–H and O–H groups in total. The van der Waals surface area contributed by atoms with Crippen LogP contribution in [0.1, 0.15) is 15.9 Å². The molecule has 7 nitrogen and oxygen atoms in total. The van der Waals surface area contributed by atoms with E-state index >= 15 is 0 Å². The molecule has 0 aliphatic heterocycles. The first-order valence-corrected chi connectivity index (χ1v) is 6.53. The number of rotatable bonds is 4. The molecule has 0 fully saturated rings. The van der Waals surface area contributed by atoms with Gasteiger partial charge in [0.15, 0.2) is 11.6 Å². The highest BCUT2D eigenvalue weighted by molar-refractivity contribution is 5.88. The average molecular weight is 342 g/mol. The lowest BCUT2D eigenvalue weighted by Crippen LogP contribution is -2.03. The molecular weight excluding hydrogens is 326 g/mol. The largest absolute Gasteiger partial charge is 0.479 e. The van der Waals surface area contributed by atoms with E-state index in [1.165, 1.54) is 39.8 Å². The molecular formula is C15H16F2N2O5. The Bertz CT molecular complexity index is 698. The fraction of sp³-hybridized carbons (Fsp3) is 0.267. The Kier molecular flexibility index (Phi) is 7.50. The van der Waals surface area contributed by atoms with Crippen LogP contribution in [-0.2, 0) is 11.3 Å². The Morgan fingerprint density at radius 1 is 1.04 bits per heavy atom. The molecule has 0 amide bonds. The summed E-state index contributed by atoms with van der Waals surface area (Å²) in [7, 11) is 3.84. The van der Waals surface area contributed by atoms with Crippen molar-refractivity contribution in [3.05, 3.63) is 47.3 Å². The molecule has 2 aromatic rings. The van der Waals surface area contributed by atoms with E-state index in [4.69, 9.17) is 5.11 Å². The van der Waals surface area contributed by atoms with Gasteiger partial charge in [-0.15, -0.1) is 0 Å². The molecule has 9 heteroatoms. The van der Waals surface area contributed by atoms with Crippen molar-refractivity contribution in [2.45, 2.75) is 6.61 Å². The van der Waals surface area contributed by atoms with Crippen LogP contribution in [0.2, 0.25) is 0 Å². The SMILES string of the molecule is COC(=O)c1cnc(OC)c(F)c1.COc1ncc(CO)cc1F. The first-order chi connectivity index (χ1) is 11.5. The number of methoxy groups -OCH3 is 3. The average Bonchev–Trinajstić information content (AvgIpc) is 2.61. The molecule has 0 bridgehead atoms. The van der Waals surface area contributed by atoms with Crippen LogP contribution < -0.4 is 9.47 Å². The lowest BCUT2D eigenvalue weighted by atomic mass is 10.3. The fourth-order valence-corrected chi connectivity index (χ4v) is 1.51. The Balaban J connectivity index is 0.000000243. The number of nitrogens with zero attached hydrogens (tertiary/aromatic N) is 2. The van der Waals surface area contributed by atoms with Crippen LogP contribution in [0.15, 0.2) is 24.5 Å². The van der Waals surface area contributed by atoms with Crippen LogP contribution in [0.4, 0.5) is 8.78 Å². The summed E-state index contributed by atoms with van der Waals surface area (Å²) in [6.45, 7) is -0.214. The van der Waals surface area contributed by atoms with Gasteiger partial charge in [-0.3, -0.25) is 0 Å². The molecule has 0 aromatic carbocycles. The number of aliphatic hydroxyl groups excluding tert-OH is 1. The number of aromatic nitrogens is 2. The minimum atomic E-state index is -0.689. The van der Waals surface area contributed by atoms with Crippen molar-refractivity contribution in [2.75, 3.05) is 21.3 Å². The molecule has 0 spiro atoms. The third-order valence-corrected chi connectivity index (χ3v) is 2.66. The molecule has 0 aliphatic carbocycles. The number of esters is 1. The monoisotopic (exact) mass is 342 g/mol. The quantitative estimate of drug-likeness (QED) is 0.846. The highest BCUT2D eigenvalue weighted by Gasteiger charge is 2.10. The standard InChI is InChI=1S/C8H8FNO3.C7H8FNO2/c1-12-7-6(9)3-5(4-10-7)8(11)13-2;1-11-7-6(8)2-5(4-10)3-9-7/h3-4H,1-2H3;2-3,10H,4H2,1H3. The lowest BCUT2D eigenvalue weighted by Gasteiger charge is -2.01. The first kappa shape index (κ1) is 19.2. The van der Waals surface area contributed by atoms with Gasteiger partial charge in [0.2, 0.25) is 11.8 Å². The summed E-state index contributed by atoms with van der Waals surface area (Å²) in [4.78, 5) is 18.1. The maximum atomic E-state index is 13.0. The minimum absolute atomic E-state index is 0.0535. The zero-order chi connectivity index (χ0) is 18.1. The minimum Gasteiger partial charge on any atom is -0.479 e. The van der Waals surface area contributed by atoms with E-state index in [1.54, 1.807) is 0 Å². The highest BCUT2D eigenvalue weighted by Crippen LogP contribution is 2.14. The van der Waals surface area contributed by atoms with Gasteiger partial charge in [0, 0.05) is 12.4 Å². The molecule has 0 saturated carbocycles. The van der Waals surface area contributed by atoms with E-state index in [0.717, 1.165) is 6.07 Å². The fourth-order valence-electron chi connectivity index (χ4n) is 1.51. The van der Waals surface area contributed by atoms with E-state index in [-0.39, 0.29) is 23.9 Å². The maximum absolute atomic E-state index is 13.0. The van der Waals surface area contributed by atoms with Crippen molar-refractivity contribution in [3.8, 4) is 11.8 Å². The Morgan fingerprint density at radius 3 is 2.00 bits per heavy atom. The summed E-state index contributed by atoms with van der Waals surface area (Å²) in [6.07, 6.45) is 2.55. The zero-order valence-electron chi connectivity index (χ0n) is 13.2. The second-order valence-electron chi connectivity index (χ2n) is 4.20. The number of carbonyl (C=O) groups is 1. The molecule has 0 unspecified atom stereocenters. The van der Waals surface area contributed by atoms with Gasteiger partial charge >= 0.3 is 5.97 Å². The molecule has 0 radical (unpaired) electrons. The Morgan fingerprint density at radius 2 is 1.58 bits per heavy atom. The number of carbonyl (C=O) groups excluding carboxylic acids is 1. The molecule has 130 valence electrons. The van der Waals surface area contributed by atoms with Crippen LogP contribution >= 0.6 is 0 Å². The number of hydrogen-bond donors (Lipinski definition) is 1. The summed E-state index contributed by atoms with van der Waals surface area (Å²) in [6, 6.07) is 2.20. The van der Waals surface area contributed by atoms with Crippen molar-refractivity contribution in [1.29, 1.82) is 0 Å². The number of halogens is 2. The van der Waals surface area contributed by atoms with Gasteiger partial charge in [0.05, 0.1) is 33.5 Å². The Labute approximate surface area is 136 Å². The van der Waals surface area contributed by atoms with Crippen LogP contribution in [0, 0.1) is 11.6 Å². The van der Waals surface area contributed by atoms with Gasteiger partial charge in [0.25, 0.3) is 0 Å². The maximum Gasteiger partial charge on any atom is 0.339 e. The van der Waals surface area contributed by atoms with Gasteiger partial charge in [-0.05, 0) is 17.7 Å². The molecule has 0 atom stereocenters. The topological polar surface area (TPSA) is 90.8 Å². The van der Waals surface area contributed by atoms with E-state index in [9.17, 15) is 13.6 Å². The van der Waals surface area contributed by atoms with Crippen molar-refractivity contribution in [2.24, 2.45) is 0 Å². The normalized spacial score (nSPS) is 9.58. The van der Waals surface area contributed by atoms with Crippen LogP contribution in [0.3, 0.4) is 0 Å². The lowest BCUT2D eigenvalue weighted by molar-refractivity contribution is 0.0599. The van der Waals surface area contributed by atoms with Crippen LogP contribution in [0.25, 0.3) is 0 Å². The summed E-state index contributed by atoms with van der Waals surface area (Å²) in [5.74, 6) is -2.08. The summed E-state index contributed by atoms with van der Waals surface area (Å²) < 4.78 is 39.2. The summed E-state index contributed by atoms with van der Waals surface area (Å²) in [5.41, 5.74) is 0.490. The van der Waals surface area contributed by atoms with Gasteiger partial charge in [0.1, 0.15) is 0 Å².